The summed E-state index contributed by atoms with van der Waals surface area (Å²) in [6, 6.07) is 5.00. The molecule has 4 aromatic rings. The number of aliphatic hydroxyl groups excluding tert-OH is 1. The molecule has 0 aliphatic carbocycles. The molecule has 0 spiro atoms. The normalized spacial score (nSPS) is 14.8. The van der Waals surface area contributed by atoms with Crippen LogP contribution in [0.25, 0.3) is 22.6 Å². The minimum absolute atomic E-state index is 0.0739. The lowest BCUT2D eigenvalue weighted by molar-refractivity contribution is 0.188. The molecule has 1 saturated heterocycles. The predicted octanol–water partition coefficient (Wildman–Crippen LogP) is 0.953. The van der Waals surface area contributed by atoms with E-state index in [-0.39, 0.29) is 36.1 Å². The molecule has 14 heteroatoms. The molecule has 0 atom stereocenters. The molecule has 1 aliphatic heterocycles. The van der Waals surface area contributed by atoms with Gasteiger partial charge < -0.3 is 14.4 Å². The van der Waals surface area contributed by atoms with Crippen LogP contribution >= 0.6 is 23.2 Å². The Kier molecular flexibility index (Phi) is 6.60. The van der Waals surface area contributed by atoms with Crippen LogP contribution in [0.1, 0.15) is 5.89 Å². The van der Waals surface area contributed by atoms with Crippen molar-refractivity contribution < 1.29 is 9.52 Å². The number of β-amino-alcohol motifs (C(OH)–C–C–N with tert-alkyl or cyclic N) is 1. The molecule has 36 heavy (non-hydrogen) atoms. The van der Waals surface area contributed by atoms with E-state index in [4.69, 9.17) is 32.6 Å². The Balaban J connectivity index is 1.57. The summed E-state index contributed by atoms with van der Waals surface area (Å²) < 4.78 is 10.0. The molecule has 0 unspecified atom stereocenters. The lowest BCUT2D eigenvalue weighted by atomic mass is 10.2. The number of hydrogen-bond acceptors (Lipinski definition) is 9. The number of aliphatic hydroxyl groups is 1. The third-order valence-electron chi connectivity index (χ3n) is 6.33. The van der Waals surface area contributed by atoms with E-state index in [0.717, 1.165) is 17.7 Å². The quantitative estimate of drug-likeness (QED) is 0.384. The van der Waals surface area contributed by atoms with E-state index < -0.39 is 11.2 Å². The SMILES string of the molecule is Cn1c(=O)c2c(nc(N3CCN(CCO)CC3)n2Cc2nnc(-c3ccc(Cl)c(Cl)c3)o2)n(C)c1=O. The Morgan fingerprint density at radius 3 is 2.47 bits per heavy atom. The average molecular weight is 535 g/mol. The standard InChI is InChI=1S/C22H24Cl2N8O4/c1-28-18-17(20(34)29(2)22(28)35)32(21(25-18)31-7-5-30(6-8-31)9-10-33)12-16-26-27-19(36-16)13-3-4-14(23)15(24)11-13/h3-4,11,33H,5-10,12H2,1-2H3. The molecule has 12 nitrogen and oxygen atoms in total. The van der Waals surface area contributed by atoms with Crippen LogP contribution in [-0.4, -0.2) is 78.2 Å². The van der Waals surface area contributed by atoms with Gasteiger partial charge in [0.05, 0.1) is 16.7 Å². The van der Waals surface area contributed by atoms with Crippen LogP contribution in [0.4, 0.5) is 5.95 Å². The van der Waals surface area contributed by atoms with Gasteiger partial charge in [-0.15, -0.1) is 10.2 Å². The van der Waals surface area contributed by atoms with Crippen molar-refractivity contribution in [1.82, 2.24) is 33.8 Å². The van der Waals surface area contributed by atoms with E-state index in [9.17, 15) is 14.7 Å². The number of nitrogens with zero attached hydrogens (tertiary/aromatic N) is 8. The van der Waals surface area contributed by atoms with E-state index in [2.05, 4.69) is 15.1 Å². The summed E-state index contributed by atoms with van der Waals surface area (Å²) in [5.74, 6) is 1.04. The number of piperazine rings is 1. The van der Waals surface area contributed by atoms with Crippen LogP contribution in [0, 0.1) is 0 Å². The highest BCUT2D eigenvalue weighted by Crippen LogP contribution is 2.28. The van der Waals surface area contributed by atoms with Crippen LogP contribution in [-0.2, 0) is 20.6 Å². The Morgan fingerprint density at radius 1 is 1.03 bits per heavy atom. The number of halogens is 2. The van der Waals surface area contributed by atoms with Crippen LogP contribution < -0.4 is 16.1 Å². The number of benzene rings is 1. The Bertz CT molecular complexity index is 1550. The van der Waals surface area contributed by atoms with Crippen molar-refractivity contribution in [2.45, 2.75) is 6.54 Å². The first kappa shape index (κ1) is 24.5. The molecule has 4 heterocycles. The van der Waals surface area contributed by atoms with Gasteiger partial charge in [-0.25, -0.2) is 4.79 Å². The number of aromatic nitrogens is 6. The highest BCUT2D eigenvalue weighted by Gasteiger charge is 2.26. The number of anilines is 1. The fourth-order valence-corrected chi connectivity index (χ4v) is 4.64. The summed E-state index contributed by atoms with van der Waals surface area (Å²) in [7, 11) is 3.02. The number of fused-ring (bicyclic) bond motifs is 1. The molecule has 1 fully saturated rings. The highest BCUT2D eigenvalue weighted by atomic mass is 35.5. The van der Waals surface area contributed by atoms with Crippen LogP contribution in [0.15, 0.2) is 32.2 Å². The first-order chi connectivity index (χ1) is 17.3. The molecule has 1 N–H and O–H groups in total. The molecule has 0 radical (unpaired) electrons. The first-order valence-electron chi connectivity index (χ1n) is 11.3. The van der Waals surface area contributed by atoms with E-state index in [1.54, 1.807) is 29.8 Å². The second kappa shape index (κ2) is 9.69. The van der Waals surface area contributed by atoms with E-state index in [1.807, 2.05) is 4.90 Å². The van der Waals surface area contributed by atoms with Crippen LogP contribution in [0.3, 0.4) is 0 Å². The van der Waals surface area contributed by atoms with Gasteiger partial charge in [0, 0.05) is 52.4 Å². The van der Waals surface area contributed by atoms with E-state index in [1.165, 1.54) is 11.6 Å². The van der Waals surface area contributed by atoms with Gasteiger partial charge in [0.25, 0.3) is 5.56 Å². The predicted molar refractivity (Wildman–Crippen MR) is 135 cm³/mol. The van der Waals surface area contributed by atoms with Gasteiger partial charge >= 0.3 is 5.69 Å². The van der Waals surface area contributed by atoms with Crippen molar-refractivity contribution in [2.75, 3.05) is 44.2 Å². The fraction of sp³-hybridized carbons (Fsp3) is 0.409. The summed E-state index contributed by atoms with van der Waals surface area (Å²) >= 11 is 12.1. The van der Waals surface area contributed by atoms with Gasteiger partial charge in [0.15, 0.2) is 11.2 Å². The summed E-state index contributed by atoms with van der Waals surface area (Å²) in [5, 5.41) is 18.3. The van der Waals surface area contributed by atoms with Gasteiger partial charge in [0.1, 0.15) is 6.54 Å². The maximum Gasteiger partial charge on any atom is 0.332 e. The maximum absolute atomic E-state index is 13.2. The highest BCUT2D eigenvalue weighted by molar-refractivity contribution is 6.42. The first-order valence-corrected chi connectivity index (χ1v) is 12.1. The minimum Gasteiger partial charge on any atom is -0.419 e. The number of rotatable bonds is 6. The van der Waals surface area contributed by atoms with E-state index >= 15 is 0 Å². The molecule has 1 aromatic carbocycles. The third-order valence-corrected chi connectivity index (χ3v) is 7.06. The number of hydrogen-bond donors (Lipinski definition) is 1. The third kappa shape index (κ3) is 4.30. The van der Waals surface area contributed by atoms with Crippen LogP contribution in [0.5, 0.6) is 0 Å². The average Bonchev–Trinajstić information content (AvgIpc) is 3.49. The summed E-state index contributed by atoms with van der Waals surface area (Å²) in [6.07, 6.45) is 0. The van der Waals surface area contributed by atoms with Crippen molar-refractivity contribution in [3.05, 3.63) is 55.0 Å². The minimum atomic E-state index is -0.463. The zero-order valence-electron chi connectivity index (χ0n) is 19.7. The van der Waals surface area contributed by atoms with Gasteiger partial charge in [-0.1, -0.05) is 23.2 Å². The monoisotopic (exact) mass is 534 g/mol. The van der Waals surface area contributed by atoms with Crippen molar-refractivity contribution in [3.63, 3.8) is 0 Å². The van der Waals surface area contributed by atoms with Crippen molar-refractivity contribution in [3.8, 4) is 11.5 Å². The molecular formula is C22H24Cl2N8O4. The Hall–Kier alpha value is -3.19. The molecule has 0 saturated carbocycles. The topological polar surface area (TPSA) is 127 Å². The summed E-state index contributed by atoms with van der Waals surface area (Å²) in [4.78, 5) is 34.6. The summed E-state index contributed by atoms with van der Waals surface area (Å²) in [6.45, 7) is 3.48. The number of aryl methyl sites for hydroxylation is 1. The van der Waals surface area contributed by atoms with Crippen molar-refractivity contribution in [2.24, 2.45) is 14.1 Å². The molecular weight excluding hydrogens is 511 g/mol. The molecule has 190 valence electrons. The van der Waals surface area contributed by atoms with Gasteiger partial charge in [-0.2, -0.15) is 4.98 Å². The van der Waals surface area contributed by atoms with Gasteiger partial charge in [-0.05, 0) is 18.2 Å². The Morgan fingerprint density at radius 2 is 1.78 bits per heavy atom. The zero-order chi connectivity index (χ0) is 25.6. The van der Waals surface area contributed by atoms with Crippen molar-refractivity contribution >= 4 is 40.3 Å². The maximum atomic E-state index is 13.2. The van der Waals surface area contributed by atoms with Gasteiger partial charge in [-0.3, -0.25) is 23.4 Å². The van der Waals surface area contributed by atoms with E-state index in [0.29, 0.717) is 41.2 Å². The lowest BCUT2D eigenvalue weighted by Gasteiger charge is -2.35. The second-order valence-electron chi connectivity index (χ2n) is 8.56. The zero-order valence-corrected chi connectivity index (χ0v) is 21.2. The molecule has 0 bridgehead atoms. The summed E-state index contributed by atoms with van der Waals surface area (Å²) in [5.41, 5.74) is 0.227. The molecule has 5 rings (SSSR count). The van der Waals surface area contributed by atoms with Crippen molar-refractivity contribution in [1.29, 1.82) is 0 Å². The van der Waals surface area contributed by atoms with Gasteiger partial charge in [0.2, 0.25) is 17.7 Å². The lowest BCUT2D eigenvalue weighted by Crippen LogP contribution is -2.48. The fourth-order valence-electron chi connectivity index (χ4n) is 4.34. The second-order valence-corrected chi connectivity index (χ2v) is 9.37. The smallest absolute Gasteiger partial charge is 0.332 e. The Labute approximate surface area is 214 Å². The number of imidazole rings is 1. The largest absolute Gasteiger partial charge is 0.419 e. The molecule has 3 aromatic heterocycles. The molecule has 0 amide bonds. The van der Waals surface area contributed by atoms with Crippen LogP contribution in [0.2, 0.25) is 10.0 Å². The molecule has 1 aliphatic rings.